The Labute approximate surface area is 212 Å². The molecule has 0 aliphatic heterocycles. The fourth-order valence-electron chi connectivity index (χ4n) is 3.42. The minimum Gasteiger partial charge on any atom is -0.357 e. The van der Waals surface area contributed by atoms with Crippen LogP contribution in [0.15, 0.2) is 10.1 Å². The molecular weight excluding hydrogens is 521 g/mol. The highest BCUT2D eigenvalue weighted by molar-refractivity contribution is 14.0. The van der Waals surface area contributed by atoms with Crippen molar-refractivity contribution < 1.29 is 0 Å². The average molecular weight is 568 g/mol. The predicted octanol–water partition coefficient (Wildman–Crippen LogP) is 4.27. The molecule has 0 aliphatic rings. The van der Waals surface area contributed by atoms with Gasteiger partial charge in [-0.2, -0.15) is 0 Å². The average Bonchev–Trinajstić information content (AvgIpc) is 3.09. The molecule has 31 heavy (non-hydrogen) atoms. The van der Waals surface area contributed by atoms with Crippen molar-refractivity contribution in [2.45, 2.75) is 85.0 Å². The normalized spacial score (nSPS) is 12.9. The Bertz CT molecular complexity index is 603. The minimum atomic E-state index is 0. The first-order valence-electron chi connectivity index (χ1n) is 11.7. The second-order valence-corrected chi connectivity index (χ2v) is 8.96. The summed E-state index contributed by atoms with van der Waals surface area (Å²) in [5.41, 5.74) is 0. The van der Waals surface area contributed by atoms with Gasteiger partial charge in [0.05, 0.1) is 0 Å². The van der Waals surface area contributed by atoms with E-state index in [0.29, 0.717) is 12.0 Å². The van der Waals surface area contributed by atoms with E-state index in [9.17, 15) is 0 Å². The zero-order valence-corrected chi connectivity index (χ0v) is 23.9. The van der Waals surface area contributed by atoms with E-state index < -0.39 is 0 Å². The molecule has 1 rings (SSSR count). The first-order valence-corrected chi connectivity index (χ1v) is 12.9. The number of guanidine groups is 1. The molecule has 0 amide bonds. The van der Waals surface area contributed by atoms with Crippen LogP contribution in [0.2, 0.25) is 0 Å². The summed E-state index contributed by atoms with van der Waals surface area (Å²) in [7, 11) is 0. The zero-order chi connectivity index (χ0) is 22.4. The first kappa shape index (κ1) is 30.4. The van der Waals surface area contributed by atoms with E-state index in [1.165, 1.54) is 13.0 Å². The van der Waals surface area contributed by atoms with Gasteiger partial charge in [0.1, 0.15) is 5.82 Å². The van der Waals surface area contributed by atoms with E-state index in [1.54, 1.807) is 11.8 Å². The lowest BCUT2D eigenvalue weighted by atomic mass is 10.2. The number of thioether (sulfide) groups is 1. The standard InChI is InChI=1S/C22H45N7S.HI/c1-8-23-21(25-19(6)13-12-16-28(9-2)10-3)24-15-11-14-20-26-27-22(30-7)29(20)17-18(4)5;/h18-19H,8-17H2,1-7H3,(H2,23,24,25);1H. The summed E-state index contributed by atoms with van der Waals surface area (Å²) in [5, 5.41) is 16.7. The third kappa shape index (κ3) is 12.3. The molecule has 0 fully saturated rings. The van der Waals surface area contributed by atoms with Crippen molar-refractivity contribution in [3.63, 3.8) is 0 Å². The fourth-order valence-corrected chi connectivity index (χ4v) is 3.94. The maximum atomic E-state index is 4.78. The van der Waals surface area contributed by atoms with Gasteiger partial charge in [-0.05, 0) is 64.9 Å². The van der Waals surface area contributed by atoms with Crippen LogP contribution < -0.4 is 10.6 Å². The van der Waals surface area contributed by atoms with Crippen molar-refractivity contribution in [1.82, 2.24) is 30.3 Å². The van der Waals surface area contributed by atoms with Gasteiger partial charge in [-0.3, -0.25) is 4.99 Å². The summed E-state index contributed by atoms with van der Waals surface area (Å²) < 4.78 is 2.26. The topological polar surface area (TPSA) is 70.4 Å². The van der Waals surface area contributed by atoms with E-state index in [2.05, 4.69) is 78.1 Å². The molecule has 0 radical (unpaired) electrons. The van der Waals surface area contributed by atoms with Gasteiger partial charge in [0, 0.05) is 32.1 Å². The van der Waals surface area contributed by atoms with Gasteiger partial charge in [0.25, 0.3) is 0 Å². The number of nitrogens with zero attached hydrogens (tertiary/aromatic N) is 5. The van der Waals surface area contributed by atoms with Crippen molar-refractivity contribution in [3.8, 4) is 0 Å². The highest BCUT2D eigenvalue weighted by atomic mass is 127. The molecular formula is C22H46IN7S. The van der Waals surface area contributed by atoms with Crippen molar-refractivity contribution in [2.75, 3.05) is 39.0 Å². The Morgan fingerprint density at radius 3 is 2.42 bits per heavy atom. The molecule has 0 aliphatic carbocycles. The van der Waals surface area contributed by atoms with Crippen molar-refractivity contribution in [2.24, 2.45) is 10.9 Å². The predicted molar refractivity (Wildman–Crippen MR) is 146 cm³/mol. The lowest BCUT2D eigenvalue weighted by Gasteiger charge is -2.21. The van der Waals surface area contributed by atoms with E-state index in [-0.39, 0.29) is 24.0 Å². The van der Waals surface area contributed by atoms with Gasteiger partial charge in [0.2, 0.25) is 0 Å². The van der Waals surface area contributed by atoms with Gasteiger partial charge >= 0.3 is 0 Å². The van der Waals surface area contributed by atoms with E-state index >= 15 is 0 Å². The number of aliphatic imine (C=N–C) groups is 1. The fraction of sp³-hybridized carbons (Fsp3) is 0.864. The highest BCUT2D eigenvalue weighted by Gasteiger charge is 2.12. The van der Waals surface area contributed by atoms with Crippen LogP contribution in [0.3, 0.4) is 0 Å². The number of aryl methyl sites for hydroxylation is 1. The maximum Gasteiger partial charge on any atom is 0.191 e. The van der Waals surface area contributed by atoms with Gasteiger partial charge in [-0.1, -0.05) is 39.5 Å². The van der Waals surface area contributed by atoms with Crippen molar-refractivity contribution >= 4 is 41.7 Å². The van der Waals surface area contributed by atoms with Crippen molar-refractivity contribution in [1.29, 1.82) is 0 Å². The summed E-state index contributed by atoms with van der Waals surface area (Å²) in [6.07, 6.45) is 6.29. The molecule has 2 N–H and O–H groups in total. The first-order chi connectivity index (χ1) is 14.4. The van der Waals surface area contributed by atoms with Crippen LogP contribution in [0.5, 0.6) is 0 Å². The molecule has 9 heteroatoms. The SMILES string of the molecule is CCNC(=NCCCc1nnc(SC)n1CC(C)C)NC(C)CCCN(CC)CC.I. The third-order valence-corrected chi connectivity index (χ3v) is 5.75. The van der Waals surface area contributed by atoms with E-state index in [1.807, 2.05) is 0 Å². The van der Waals surface area contributed by atoms with E-state index in [0.717, 1.165) is 68.9 Å². The van der Waals surface area contributed by atoms with Crippen LogP contribution in [0.25, 0.3) is 0 Å². The molecule has 1 aromatic heterocycles. The van der Waals surface area contributed by atoms with Crippen LogP contribution in [0.4, 0.5) is 0 Å². The second kappa shape index (κ2) is 17.9. The molecule has 0 saturated heterocycles. The third-order valence-electron chi connectivity index (χ3n) is 5.09. The molecule has 0 bridgehead atoms. The van der Waals surface area contributed by atoms with Crippen LogP contribution >= 0.6 is 35.7 Å². The molecule has 182 valence electrons. The molecule has 1 aromatic rings. The van der Waals surface area contributed by atoms with E-state index in [4.69, 9.17) is 4.99 Å². The van der Waals surface area contributed by atoms with Gasteiger partial charge in [-0.25, -0.2) is 0 Å². The Kier molecular flexibility index (Phi) is 17.6. The molecule has 0 spiro atoms. The smallest absolute Gasteiger partial charge is 0.191 e. The summed E-state index contributed by atoms with van der Waals surface area (Å²) >= 11 is 1.67. The minimum absolute atomic E-state index is 0. The van der Waals surface area contributed by atoms with Crippen LogP contribution in [-0.4, -0.2) is 70.6 Å². The molecule has 1 atom stereocenters. The number of hydrogen-bond donors (Lipinski definition) is 2. The van der Waals surface area contributed by atoms with Crippen molar-refractivity contribution in [3.05, 3.63) is 5.82 Å². The lowest BCUT2D eigenvalue weighted by Crippen LogP contribution is -2.42. The zero-order valence-electron chi connectivity index (χ0n) is 20.8. The largest absolute Gasteiger partial charge is 0.357 e. The maximum absolute atomic E-state index is 4.78. The Hall–Kier alpha value is -0.550. The van der Waals surface area contributed by atoms with Gasteiger partial charge in [0.15, 0.2) is 11.1 Å². The number of rotatable bonds is 15. The summed E-state index contributed by atoms with van der Waals surface area (Å²) in [5.74, 6) is 2.57. The molecule has 7 nitrogen and oxygen atoms in total. The number of halogens is 1. The summed E-state index contributed by atoms with van der Waals surface area (Å²) in [4.78, 5) is 7.26. The Balaban J connectivity index is 0.00000900. The summed E-state index contributed by atoms with van der Waals surface area (Å²) in [6.45, 7) is 19.3. The monoisotopic (exact) mass is 567 g/mol. The van der Waals surface area contributed by atoms with Crippen LogP contribution in [-0.2, 0) is 13.0 Å². The van der Waals surface area contributed by atoms with Gasteiger partial charge < -0.3 is 20.1 Å². The molecule has 0 aromatic carbocycles. The number of hydrogen-bond acceptors (Lipinski definition) is 5. The Morgan fingerprint density at radius 2 is 1.84 bits per heavy atom. The highest BCUT2D eigenvalue weighted by Crippen LogP contribution is 2.16. The number of nitrogens with one attached hydrogen (secondary N) is 2. The Morgan fingerprint density at radius 1 is 1.13 bits per heavy atom. The van der Waals surface area contributed by atoms with Gasteiger partial charge in [-0.15, -0.1) is 34.2 Å². The quantitative estimate of drug-likeness (QED) is 0.109. The second-order valence-electron chi connectivity index (χ2n) is 8.19. The molecule has 1 heterocycles. The molecule has 0 saturated carbocycles. The van der Waals surface area contributed by atoms with Crippen LogP contribution in [0.1, 0.15) is 66.6 Å². The molecule has 1 unspecified atom stereocenters. The van der Waals surface area contributed by atoms with Crippen LogP contribution in [0, 0.1) is 5.92 Å². The number of aromatic nitrogens is 3. The summed E-state index contributed by atoms with van der Waals surface area (Å²) in [6, 6.07) is 0.414. The lowest BCUT2D eigenvalue weighted by molar-refractivity contribution is 0.292.